The second-order valence-electron chi connectivity index (χ2n) is 15.8. The zero-order valence-electron chi connectivity index (χ0n) is 34.3. The van der Waals surface area contributed by atoms with E-state index in [1.807, 2.05) is 52.0 Å². The molecule has 2 fully saturated rings. The van der Waals surface area contributed by atoms with Crippen molar-refractivity contribution in [3.8, 4) is 33.6 Å². The van der Waals surface area contributed by atoms with Crippen molar-refractivity contribution in [1.29, 1.82) is 0 Å². The monoisotopic (exact) mass is 820 g/mol. The minimum Gasteiger partial charge on any atom is -0.453 e. The van der Waals surface area contributed by atoms with Crippen molar-refractivity contribution in [3.63, 3.8) is 0 Å². The van der Waals surface area contributed by atoms with Crippen LogP contribution in [-0.4, -0.2) is 103 Å². The fourth-order valence-corrected chi connectivity index (χ4v) is 8.43. The van der Waals surface area contributed by atoms with Gasteiger partial charge >= 0.3 is 12.2 Å². The first kappa shape index (κ1) is 40.1. The normalized spacial score (nSPS) is 17.8. The van der Waals surface area contributed by atoms with Crippen molar-refractivity contribution < 1.29 is 37.5 Å². The minimum atomic E-state index is -0.738. The van der Waals surface area contributed by atoms with Gasteiger partial charge in [0.15, 0.2) is 24.0 Å². The van der Waals surface area contributed by atoms with Crippen LogP contribution in [0.5, 0.6) is 0 Å². The largest absolute Gasteiger partial charge is 0.453 e. The highest BCUT2D eigenvalue weighted by atomic mass is 16.5. The molecule has 4 amide bonds. The summed E-state index contributed by atoms with van der Waals surface area (Å²) in [6.45, 7) is 8.61. The van der Waals surface area contributed by atoms with E-state index < -0.39 is 24.3 Å². The molecule has 4 aromatic heterocycles. The van der Waals surface area contributed by atoms with Gasteiger partial charge in [-0.15, -0.1) is 0 Å². The van der Waals surface area contributed by atoms with Crippen molar-refractivity contribution >= 4 is 46.2 Å². The molecule has 6 heterocycles. The molecule has 18 nitrogen and oxygen atoms in total. The van der Waals surface area contributed by atoms with Gasteiger partial charge in [0.1, 0.15) is 34.8 Å². The van der Waals surface area contributed by atoms with Gasteiger partial charge in [0.25, 0.3) is 0 Å². The Labute approximate surface area is 344 Å². The number of oxazole rings is 2. The summed E-state index contributed by atoms with van der Waals surface area (Å²) in [5, 5.41) is 5.38. The smallest absolute Gasteiger partial charge is 0.407 e. The first-order valence-electron chi connectivity index (χ1n) is 20.1. The Morgan fingerprint density at radius 3 is 1.58 bits per heavy atom. The third-order valence-electron chi connectivity index (χ3n) is 11.5. The molecule has 0 unspecified atom stereocenters. The average molecular weight is 821 g/mol. The summed E-state index contributed by atoms with van der Waals surface area (Å²) in [6.07, 6.45) is 7.99. The number of nitrogens with one attached hydrogen (secondary N) is 4. The number of rotatable bonds is 11. The highest BCUT2D eigenvalue weighted by Gasteiger charge is 2.39. The zero-order valence-corrected chi connectivity index (χ0v) is 34.3. The molecular weight excluding hydrogens is 773 g/mol. The van der Waals surface area contributed by atoms with E-state index in [-0.39, 0.29) is 35.7 Å². The highest BCUT2D eigenvalue weighted by Crippen LogP contribution is 2.41. The third-order valence-corrected chi connectivity index (χ3v) is 11.5. The van der Waals surface area contributed by atoms with E-state index in [0.717, 1.165) is 47.9 Å². The van der Waals surface area contributed by atoms with Crippen LogP contribution < -0.4 is 10.6 Å². The Bertz CT molecular complexity index is 2380. The molecule has 2 saturated heterocycles. The Morgan fingerprint density at radius 2 is 1.08 bits per heavy atom. The fourth-order valence-electron chi connectivity index (χ4n) is 8.43. The summed E-state index contributed by atoms with van der Waals surface area (Å²) >= 11 is 0. The summed E-state index contributed by atoms with van der Waals surface area (Å²) < 4.78 is 21.6. The Hall–Kier alpha value is -6.72. The van der Waals surface area contributed by atoms with Crippen LogP contribution in [0.3, 0.4) is 0 Å². The molecule has 2 aliphatic rings. The third kappa shape index (κ3) is 7.30. The van der Waals surface area contributed by atoms with E-state index in [1.54, 1.807) is 22.2 Å². The number of hydrogen-bond donors (Lipinski definition) is 4. The number of aromatic nitrogens is 6. The summed E-state index contributed by atoms with van der Waals surface area (Å²) in [5.41, 5.74) is 6.74. The van der Waals surface area contributed by atoms with Crippen molar-refractivity contribution in [2.45, 2.75) is 77.5 Å². The predicted molar refractivity (Wildman–Crippen MR) is 218 cm³/mol. The van der Waals surface area contributed by atoms with Gasteiger partial charge in [-0.3, -0.25) is 9.59 Å². The summed E-state index contributed by atoms with van der Waals surface area (Å²) in [7, 11) is 2.55. The molecule has 0 spiro atoms. The Balaban J connectivity index is 1.05. The molecule has 60 heavy (non-hydrogen) atoms. The number of carbonyl (C=O) groups is 4. The van der Waals surface area contributed by atoms with Crippen LogP contribution in [0.1, 0.15) is 77.1 Å². The zero-order chi connectivity index (χ0) is 42.2. The number of methoxy groups -OCH3 is 2. The van der Waals surface area contributed by atoms with Crippen molar-refractivity contribution in [3.05, 3.63) is 61.1 Å². The number of likely N-dealkylation sites (tertiary alicyclic amines) is 2. The molecule has 8 rings (SSSR count). The van der Waals surface area contributed by atoms with E-state index in [2.05, 4.69) is 30.6 Å². The van der Waals surface area contributed by atoms with E-state index in [9.17, 15) is 19.2 Å². The van der Waals surface area contributed by atoms with Gasteiger partial charge in [0.2, 0.25) is 11.8 Å². The van der Waals surface area contributed by atoms with Gasteiger partial charge in [-0.2, -0.15) is 0 Å². The van der Waals surface area contributed by atoms with Gasteiger partial charge in [-0.25, -0.2) is 29.5 Å². The van der Waals surface area contributed by atoms with Crippen LogP contribution in [-0.2, 0) is 19.1 Å². The second kappa shape index (κ2) is 16.5. The summed E-state index contributed by atoms with van der Waals surface area (Å²) in [6, 6.07) is 5.71. The van der Waals surface area contributed by atoms with E-state index in [4.69, 9.17) is 28.3 Å². The average Bonchev–Trinajstić information content (AvgIpc) is 4.10. The van der Waals surface area contributed by atoms with Crippen LogP contribution in [0, 0.1) is 11.8 Å². The number of nitrogens with zero attached hydrogens (tertiary/aromatic N) is 6. The lowest BCUT2D eigenvalue weighted by Gasteiger charge is -2.30. The molecule has 0 bridgehead atoms. The number of carbonyl (C=O) groups excluding carboxylic acids is 4. The van der Waals surface area contributed by atoms with Crippen LogP contribution in [0.4, 0.5) is 9.59 Å². The molecule has 6 aromatic rings. The quantitative estimate of drug-likeness (QED) is 0.110. The molecule has 4 N–H and O–H groups in total. The van der Waals surface area contributed by atoms with E-state index >= 15 is 0 Å². The molecule has 2 aromatic carbocycles. The Morgan fingerprint density at radius 1 is 0.650 bits per heavy atom. The maximum Gasteiger partial charge on any atom is 0.407 e. The number of imidazole rings is 2. The molecule has 4 atom stereocenters. The number of aromatic amines is 2. The number of H-pyrrole nitrogens is 2. The predicted octanol–water partition coefficient (Wildman–Crippen LogP) is 6.50. The fraction of sp³-hybridized carbons (Fsp3) is 0.429. The van der Waals surface area contributed by atoms with Crippen LogP contribution in [0.2, 0.25) is 0 Å². The SMILES string of the molecule is COC(=O)N[C@H](C(=O)N1CCC[C@H]1c1ncc(-c2ccc(-c3ccc(-c4cnc([C@@H]5CCCN5C(=O)[C@@H](NC(=O)OC)C(C)C)[nH]4)c4ocnc34)c3ocnc23)[nH]1)C(C)C. The molecular formula is C42H48N10O8. The van der Waals surface area contributed by atoms with E-state index in [0.29, 0.717) is 58.3 Å². The van der Waals surface area contributed by atoms with Gasteiger partial charge < -0.3 is 48.7 Å². The number of hydrogen-bond acceptors (Lipinski definition) is 12. The summed E-state index contributed by atoms with van der Waals surface area (Å²) in [4.78, 5) is 80.5. The summed E-state index contributed by atoms with van der Waals surface area (Å²) in [5.74, 6) is 0.611. The number of fused-ring (bicyclic) bond motifs is 2. The van der Waals surface area contributed by atoms with Gasteiger partial charge in [-0.05, 0) is 55.7 Å². The van der Waals surface area contributed by atoms with Gasteiger partial charge in [0, 0.05) is 35.3 Å². The first-order valence-corrected chi connectivity index (χ1v) is 20.1. The van der Waals surface area contributed by atoms with Crippen molar-refractivity contribution in [1.82, 2.24) is 50.3 Å². The van der Waals surface area contributed by atoms with Gasteiger partial charge in [-0.1, -0.05) is 33.8 Å². The number of amides is 4. The molecule has 0 saturated carbocycles. The van der Waals surface area contributed by atoms with Crippen molar-refractivity contribution in [2.75, 3.05) is 27.3 Å². The number of alkyl carbamates (subject to hydrolysis) is 2. The molecule has 0 radical (unpaired) electrons. The Kier molecular flexibility index (Phi) is 11.0. The molecule has 314 valence electrons. The molecule has 2 aliphatic heterocycles. The lowest BCUT2D eigenvalue weighted by atomic mass is 9.98. The van der Waals surface area contributed by atoms with Crippen LogP contribution >= 0.6 is 0 Å². The number of benzene rings is 2. The lowest BCUT2D eigenvalue weighted by molar-refractivity contribution is -0.136. The molecule has 0 aliphatic carbocycles. The van der Waals surface area contributed by atoms with Crippen LogP contribution in [0.25, 0.3) is 55.8 Å². The maximum atomic E-state index is 13.7. The minimum absolute atomic E-state index is 0.147. The van der Waals surface area contributed by atoms with Gasteiger partial charge in [0.05, 0.1) is 50.1 Å². The highest BCUT2D eigenvalue weighted by molar-refractivity contribution is 6.06. The first-order chi connectivity index (χ1) is 29.0. The van der Waals surface area contributed by atoms with Crippen molar-refractivity contribution in [2.24, 2.45) is 11.8 Å². The lowest BCUT2D eigenvalue weighted by Crippen LogP contribution is -2.51. The standard InChI is InChI=1S/C42H48N10O8/c1-21(2)31(49-41(55)57-5)39(53)51-15-7-9-29(51)37-43-17-27(47-37)25-13-12-24(35-34(25)46-20-59-35)23-11-14-26(36-33(23)45-19-60-36)28-18-44-38(48-28)30-10-8-16-52(30)40(54)32(22(3)4)50-42(56)58-6/h11-14,17-22,29-32H,7-10,15-16H2,1-6H3,(H,43,47)(H,44,48)(H,49,55)(H,50,56)/t29-,30-,31-,32-/m0/s1. The second-order valence-corrected chi connectivity index (χ2v) is 15.8. The maximum absolute atomic E-state index is 13.7. The molecule has 18 heteroatoms. The van der Waals surface area contributed by atoms with E-state index in [1.165, 1.54) is 27.0 Å². The van der Waals surface area contributed by atoms with Crippen LogP contribution in [0.15, 0.2) is 58.3 Å². The number of ether oxygens (including phenoxy) is 2. The topological polar surface area (TPSA) is 227 Å².